The molecule has 0 unspecified atom stereocenters. The molecular formula is C12H10BrN3. The van der Waals surface area contributed by atoms with Crippen molar-refractivity contribution >= 4 is 15.9 Å². The lowest BCUT2D eigenvalue weighted by atomic mass is 10.1. The van der Waals surface area contributed by atoms with Crippen LogP contribution in [-0.2, 0) is 6.54 Å². The summed E-state index contributed by atoms with van der Waals surface area (Å²) in [5.74, 6) is 0. The number of aromatic nitrogens is 2. The third-order valence-electron chi connectivity index (χ3n) is 2.40. The van der Waals surface area contributed by atoms with Crippen LogP contribution in [0.1, 0.15) is 5.69 Å². The summed E-state index contributed by atoms with van der Waals surface area (Å²) in [5.41, 5.74) is 2.91. The molecule has 1 aromatic carbocycles. The van der Waals surface area contributed by atoms with Gasteiger partial charge < -0.3 is 0 Å². The first-order chi connectivity index (χ1) is 7.74. The molecule has 2 rings (SSSR count). The molecule has 0 atom stereocenters. The lowest BCUT2D eigenvalue weighted by Gasteiger charge is -1.95. The minimum Gasteiger partial charge on any atom is -0.254 e. The molecule has 2 aromatic rings. The summed E-state index contributed by atoms with van der Waals surface area (Å²) >= 11 is 3.51. The largest absolute Gasteiger partial charge is 0.254 e. The van der Waals surface area contributed by atoms with Gasteiger partial charge in [-0.05, 0) is 22.9 Å². The van der Waals surface area contributed by atoms with Gasteiger partial charge in [0.05, 0.1) is 16.2 Å². The molecule has 0 aliphatic heterocycles. The Balaban J connectivity index is 2.52. The summed E-state index contributed by atoms with van der Waals surface area (Å²) in [6.45, 7) is 2.22. The molecule has 0 amide bonds. The maximum absolute atomic E-state index is 8.69. The van der Waals surface area contributed by atoms with Gasteiger partial charge in [0.15, 0.2) is 0 Å². The number of nitriles is 1. The minimum atomic E-state index is 0.275. The van der Waals surface area contributed by atoms with E-state index in [1.165, 1.54) is 0 Å². The van der Waals surface area contributed by atoms with Crippen molar-refractivity contribution in [2.75, 3.05) is 0 Å². The van der Waals surface area contributed by atoms with Crippen LogP contribution in [-0.4, -0.2) is 9.78 Å². The standard InChI is InChI=1S/C12H10BrN3/c1-9-11(13)12(15-16(9)8-7-14)10-5-3-2-4-6-10/h2-6H,8H2,1H3. The highest BCUT2D eigenvalue weighted by Crippen LogP contribution is 2.29. The first kappa shape index (κ1) is 10.9. The Hall–Kier alpha value is -1.60. The summed E-state index contributed by atoms with van der Waals surface area (Å²) in [5, 5.41) is 13.1. The van der Waals surface area contributed by atoms with E-state index in [1.807, 2.05) is 37.3 Å². The van der Waals surface area contributed by atoms with Crippen LogP contribution in [0.25, 0.3) is 11.3 Å². The van der Waals surface area contributed by atoms with Crippen molar-refractivity contribution in [2.45, 2.75) is 13.5 Å². The fourth-order valence-corrected chi connectivity index (χ4v) is 2.04. The van der Waals surface area contributed by atoms with E-state index in [2.05, 4.69) is 27.1 Å². The molecule has 0 N–H and O–H groups in total. The SMILES string of the molecule is Cc1c(Br)c(-c2ccccc2)nn1CC#N. The van der Waals surface area contributed by atoms with Crippen LogP contribution in [0.3, 0.4) is 0 Å². The smallest absolute Gasteiger partial charge is 0.128 e. The normalized spacial score (nSPS) is 10.1. The maximum Gasteiger partial charge on any atom is 0.128 e. The number of rotatable bonds is 2. The van der Waals surface area contributed by atoms with E-state index >= 15 is 0 Å². The number of hydrogen-bond donors (Lipinski definition) is 0. The van der Waals surface area contributed by atoms with E-state index in [0.29, 0.717) is 0 Å². The Morgan fingerprint density at radius 3 is 2.69 bits per heavy atom. The van der Waals surface area contributed by atoms with Gasteiger partial charge in [0, 0.05) is 5.56 Å². The summed E-state index contributed by atoms with van der Waals surface area (Å²) in [6.07, 6.45) is 0. The van der Waals surface area contributed by atoms with Gasteiger partial charge in [0.1, 0.15) is 12.2 Å². The molecule has 1 aromatic heterocycles. The average Bonchev–Trinajstić information content (AvgIpc) is 2.59. The van der Waals surface area contributed by atoms with E-state index in [1.54, 1.807) is 4.68 Å². The van der Waals surface area contributed by atoms with E-state index in [-0.39, 0.29) is 6.54 Å². The molecular weight excluding hydrogens is 266 g/mol. The molecule has 0 aliphatic rings. The van der Waals surface area contributed by atoms with Crippen LogP contribution < -0.4 is 0 Å². The molecule has 0 aliphatic carbocycles. The van der Waals surface area contributed by atoms with Crippen molar-refractivity contribution < 1.29 is 0 Å². The van der Waals surface area contributed by atoms with Crippen LogP contribution in [0.15, 0.2) is 34.8 Å². The van der Waals surface area contributed by atoms with Crippen LogP contribution in [0.5, 0.6) is 0 Å². The summed E-state index contributed by atoms with van der Waals surface area (Å²) in [6, 6.07) is 12.0. The van der Waals surface area contributed by atoms with Crippen molar-refractivity contribution in [3.8, 4) is 17.3 Å². The van der Waals surface area contributed by atoms with Crippen molar-refractivity contribution in [1.82, 2.24) is 9.78 Å². The monoisotopic (exact) mass is 275 g/mol. The summed E-state index contributed by atoms with van der Waals surface area (Å²) in [7, 11) is 0. The van der Waals surface area contributed by atoms with Gasteiger partial charge in [0.25, 0.3) is 0 Å². The van der Waals surface area contributed by atoms with Gasteiger partial charge in [-0.25, -0.2) is 0 Å². The summed E-state index contributed by atoms with van der Waals surface area (Å²) in [4.78, 5) is 0. The zero-order valence-electron chi connectivity index (χ0n) is 8.81. The maximum atomic E-state index is 8.69. The molecule has 80 valence electrons. The second-order valence-corrected chi connectivity index (χ2v) is 4.22. The second kappa shape index (κ2) is 4.50. The van der Waals surface area contributed by atoms with Gasteiger partial charge in [-0.1, -0.05) is 30.3 Å². The van der Waals surface area contributed by atoms with Crippen LogP contribution in [0, 0.1) is 18.3 Å². The Morgan fingerprint density at radius 1 is 1.38 bits per heavy atom. The second-order valence-electron chi connectivity index (χ2n) is 3.43. The molecule has 0 bridgehead atoms. The van der Waals surface area contributed by atoms with Crippen molar-refractivity contribution in [3.05, 3.63) is 40.5 Å². The number of nitrogens with zero attached hydrogens (tertiary/aromatic N) is 3. The van der Waals surface area contributed by atoms with Crippen LogP contribution in [0.4, 0.5) is 0 Å². The number of hydrogen-bond acceptors (Lipinski definition) is 2. The molecule has 16 heavy (non-hydrogen) atoms. The zero-order valence-corrected chi connectivity index (χ0v) is 10.4. The van der Waals surface area contributed by atoms with Crippen molar-refractivity contribution in [3.63, 3.8) is 0 Å². The zero-order chi connectivity index (χ0) is 11.5. The number of halogens is 1. The molecule has 0 saturated heterocycles. The highest BCUT2D eigenvalue weighted by Gasteiger charge is 2.13. The molecule has 3 nitrogen and oxygen atoms in total. The Morgan fingerprint density at radius 2 is 2.06 bits per heavy atom. The van der Waals surface area contributed by atoms with Crippen molar-refractivity contribution in [1.29, 1.82) is 5.26 Å². The third-order valence-corrected chi connectivity index (χ3v) is 3.35. The summed E-state index contributed by atoms with van der Waals surface area (Å²) < 4.78 is 2.65. The quantitative estimate of drug-likeness (QED) is 0.845. The predicted molar refractivity (Wildman–Crippen MR) is 65.7 cm³/mol. The van der Waals surface area contributed by atoms with Gasteiger partial charge in [0.2, 0.25) is 0 Å². The highest BCUT2D eigenvalue weighted by atomic mass is 79.9. The minimum absolute atomic E-state index is 0.275. The highest BCUT2D eigenvalue weighted by molar-refractivity contribution is 9.10. The average molecular weight is 276 g/mol. The fourth-order valence-electron chi connectivity index (χ4n) is 1.53. The van der Waals surface area contributed by atoms with E-state index < -0.39 is 0 Å². The third kappa shape index (κ3) is 1.86. The lowest BCUT2D eigenvalue weighted by molar-refractivity contribution is 0.688. The molecule has 0 spiro atoms. The fraction of sp³-hybridized carbons (Fsp3) is 0.167. The van der Waals surface area contributed by atoms with Gasteiger partial charge >= 0.3 is 0 Å². The topological polar surface area (TPSA) is 41.6 Å². The predicted octanol–water partition coefficient (Wildman–Crippen LogP) is 3.14. The van der Waals surface area contributed by atoms with Gasteiger partial charge in [-0.15, -0.1) is 0 Å². The molecule has 1 heterocycles. The lowest BCUT2D eigenvalue weighted by Crippen LogP contribution is -1.99. The van der Waals surface area contributed by atoms with E-state index in [9.17, 15) is 0 Å². The first-order valence-electron chi connectivity index (χ1n) is 4.89. The Bertz CT molecular complexity index is 537. The Labute approximate surface area is 102 Å². The first-order valence-corrected chi connectivity index (χ1v) is 5.68. The van der Waals surface area contributed by atoms with Crippen molar-refractivity contribution in [2.24, 2.45) is 0 Å². The van der Waals surface area contributed by atoms with Gasteiger partial charge in [-0.3, -0.25) is 4.68 Å². The van der Waals surface area contributed by atoms with Crippen LogP contribution in [0.2, 0.25) is 0 Å². The number of benzene rings is 1. The molecule has 0 saturated carbocycles. The molecule has 0 radical (unpaired) electrons. The van der Waals surface area contributed by atoms with E-state index in [0.717, 1.165) is 21.4 Å². The van der Waals surface area contributed by atoms with Crippen LogP contribution >= 0.6 is 15.9 Å². The van der Waals surface area contributed by atoms with E-state index in [4.69, 9.17) is 5.26 Å². The molecule has 4 heteroatoms. The molecule has 0 fully saturated rings. The Kier molecular flexibility index (Phi) is 3.07. The van der Waals surface area contributed by atoms with Gasteiger partial charge in [-0.2, -0.15) is 10.4 Å².